The van der Waals surface area contributed by atoms with Gasteiger partial charge in [0.1, 0.15) is 5.82 Å². The Hall–Kier alpha value is -4.29. The number of carbonyl (C=O) groups is 1. The molecule has 0 saturated heterocycles. The predicted octanol–water partition coefficient (Wildman–Crippen LogP) is 3.64. The molecular formula is C22H15ClFN7O. The Morgan fingerprint density at radius 1 is 1.22 bits per heavy atom. The van der Waals surface area contributed by atoms with Crippen molar-refractivity contribution >= 4 is 29.0 Å². The molecule has 158 valence electrons. The molecule has 0 atom stereocenters. The van der Waals surface area contributed by atoms with E-state index in [9.17, 15) is 9.18 Å². The number of anilines is 2. The lowest BCUT2D eigenvalue weighted by molar-refractivity contribution is 0.102. The van der Waals surface area contributed by atoms with Crippen LogP contribution in [0.25, 0.3) is 16.9 Å². The molecule has 0 bridgehead atoms. The van der Waals surface area contributed by atoms with Crippen molar-refractivity contribution in [2.24, 2.45) is 0 Å². The summed E-state index contributed by atoms with van der Waals surface area (Å²) in [5.41, 5.74) is 8.70. The Bertz CT molecular complexity index is 1380. The standard InChI is InChI=1S/C22H15ClFN7O/c1-3-13-9-16(12(2)8-17(13)15-4-5-19(24)30-20(15)25)22(32)29-14-10-18(23)21(26-11-14)31-27-6-7-28-31/h1,4-11H,2H3,(H2,25,30)(H,29,32). The molecule has 32 heavy (non-hydrogen) atoms. The van der Waals surface area contributed by atoms with E-state index in [4.69, 9.17) is 23.8 Å². The van der Waals surface area contributed by atoms with Crippen LogP contribution in [-0.4, -0.2) is 30.9 Å². The molecule has 0 fully saturated rings. The van der Waals surface area contributed by atoms with Crippen LogP contribution >= 0.6 is 11.6 Å². The monoisotopic (exact) mass is 447 g/mol. The van der Waals surface area contributed by atoms with Crippen LogP contribution in [0.4, 0.5) is 15.9 Å². The number of nitrogen functional groups attached to an aromatic ring is 1. The lowest BCUT2D eigenvalue weighted by atomic mass is 9.94. The van der Waals surface area contributed by atoms with E-state index in [2.05, 4.69) is 31.4 Å². The zero-order chi connectivity index (χ0) is 22.8. The summed E-state index contributed by atoms with van der Waals surface area (Å²) in [4.78, 5) is 22.0. The minimum absolute atomic E-state index is 0.00517. The lowest BCUT2D eigenvalue weighted by Gasteiger charge is -2.13. The summed E-state index contributed by atoms with van der Waals surface area (Å²) in [6, 6.07) is 7.52. The number of nitrogens with one attached hydrogen (secondary N) is 1. The second-order valence-electron chi connectivity index (χ2n) is 6.73. The summed E-state index contributed by atoms with van der Waals surface area (Å²) >= 11 is 6.26. The van der Waals surface area contributed by atoms with Crippen molar-refractivity contribution < 1.29 is 9.18 Å². The Labute approximate surface area is 187 Å². The molecule has 3 N–H and O–H groups in total. The third kappa shape index (κ3) is 3.99. The number of terminal acetylenes is 1. The smallest absolute Gasteiger partial charge is 0.256 e. The third-order valence-electron chi connectivity index (χ3n) is 4.63. The summed E-state index contributed by atoms with van der Waals surface area (Å²) in [6.07, 6.45) is 10.1. The number of hydrogen-bond acceptors (Lipinski definition) is 6. The van der Waals surface area contributed by atoms with Gasteiger partial charge in [-0.3, -0.25) is 4.79 Å². The first-order valence-electron chi connectivity index (χ1n) is 9.24. The zero-order valence-electron chi connectivity index (χ0n) is 16.7. The molecule has 0 radical (unpaired) electrons. The topological polar surface area (TPSA) is 112 Å². The second-order valence-corrected chi connectivity index (χ2v) is 7.13. The Morgan fingerprint density at radius 3 is 2.62 bits per heavy atom. The van der Waals surface area contributed by atoms with Crippen LogP contribution in [0.2, 0.25) is 5.02 Å². The summed E-state index contributed by atoms with van der Waals surface area (Å²) in [6.45, 7) is 1.75. The van der Waals surface area contributed by atoms with Crippen molar-refractivity contribution in [3.05, 3.63) is 76.6 Å². The average Bonchev–Trinajstić information content (AvgIpc) is 3.28. The summed E-state index contributed by atoms with van der Waals surface area (Å²) in [5, 5.41) is 11.0. The van der Waals surface area contributed by atoms with Crippen molar-refractivity contribution in [3.63, 3.8) is 0 Å². The lowest BCUT2D eigenvalue weighted by Crippen LogP contribution is -2.15. The normalized spacial score (nSPS) is 10.6. The van der Waals surface area contributed by atoms with Crippen molar-refractivity contribution in [1.82, 2.24) is 25.0 Å². The number of pyridine rings is 2. The van der Waals surface area contributed by atoms with Gasteiger partial charge >= 0.3 is 0 Å². The quantitative estimate of drug-likeness (QED) is 0.365. The highest BCUT2D eigenvalue weighted by Gasteiger charge is 2.17. The number of aromatic nitrogens is 5. The Kier molecular flexibility index (Phi) is 5.54. The van der Waals surface area contributed by atoms with Gasteiger partial charge in [0.15, 0.2) is 5.82 Å². The SMILES string of the molecule is C#Cc1cc(C(=O)Nc2cnc(-n3nccn3)c(Cl)c2)c(C)cc1-c1ccc(F)nc1N. The first kappa shape index (κ1) is 21.0. The fourth-order valence-corrected chi connectivity index (χ4v) is 3.38. The van der Waals surface area contributed by atoms with Gasteiger partial charge < -0.3 is 11.1 Å². The molecule has 0 spiro atoms. The van der Waals surface area contributed by atoms with Gasteiger partial charge in [0.25, 0.3) is 5.91 Å². The molecule has 0 aliphatic rings. The van der Waals surface area contributed by atoms with E-state index in [-0.39, 0.29) is 10.8 Å². The van der Waals surface area contributed by atoms with Gasteiger partial charge in [-0.15, -0.1) is 11.2 Å². The molecular weight excluding hydrogens is 433 g/mol. The zero-order valence-corrected chi connectivity index (χ0v) is 17.4. The first-order valence-corrected chi connectivity index (χ1v) is 9.62. The minimum Gasteiger partial charge on any atom is -0.383 e. The average molecular weight is 448 g/mol. The van der Waals surface area contributed by atoms with Gasteiger partial charge in [0.05, 0.1) is 29.3 Å². The largest absolute Gasteiger partial charge is 0.383 e. The summed E-state index contributed by atoms with van der Waals surface area (Å²) in [7, 11) is 0. The van der Waals surface area contributed by atoms with E-state index < -0.39 is 11.9 Å². The number of amides is 1. The molecule has 1 amide bonds. The maximum Gasteiger partial charge on any atom is 0.256 e. The molecule has 4 rings (SSSR count). The fourth-order valence-electron chi connectivity index (χ4n) is 3.14. The molecule has 0 saturated carbocycles. The van der Waals surface area contributed by atoms with Crippen molar-refractivity contribution in [1.29, 1.82) is 0 Å². The number of aryl methyl sites for hydroxylation is 1. The van der Waals surface area contributed by atoms with Crippen LogP contribution in [-0.2, 0) is 0 Å². The molecule has 1 aromatic carbocycles. The van der Waals surface area contributed by atoms with E-state index in [0.29, 0.717) is 39.3 Å². The van der Waals surface area contributed by atoms with Gasteiger partial charge in [-0.25, -0.2) is 9.97 Å². The van der Waals surface area contributed by atoms with Gasteiger partial charge in [0, 0.05) is 22.3 Å². The van der Waals surface area contributed by atoms with Crippen LogP contribution < -0.4 is 11.1 Å². The number of hydrogen-bond donors (Lipinski definition) is 2. The van der Waals surface area contributed by atoms with Gasteiger partial charge in [0.2, 0.25) is 5.95 Å². The third-order valence-corrected chi connectivity index (χ3v) is 4.91. The molecule has 3 heterocycles. The fraction of sp³-hybridized carbons (Fsp3) is 0.0455. The molecule has 0 aliphatic carbocycles. The molecule has 0 unspecified atom stereocenters. The maximum absolute atomic E-state index is 13.3. The highest BCUT2D eigenvalue weighted by atomic mass is 35.5. The predicted molar refractivity (Wildman–Crippen MR) is 119 cm³/mol. The van der Waals surface area contributed by atoms with Crippen LogP contribution in [0.3, 0.4) is 0 Å². The van der Waals surface area contributed by atoms with Gasteiger partial charge in [-0.05, 0) is 42.8 Å². The molecule has 4 aromatic rings. The van der Waals surface area contributed by atoms with Crippen LogP contribution in [0.15, 0.2) is 48.9 Å². The van der Waals surface area contributed by atoms with E-state index >= 15 is 0 Å². The highest BCUT2D eigenvalue weighted by Crippen LogP contribution is 2.31. The minimum atomic E-state index is -0.692. The first-order chi connectivity index (χ1) is 15.4. The Balaban J connectivity index is 1.65. The van der Waals surface area contributed by atoms with E-state index in [1.807, 2.05) is 0 Å². The number of nitrogens with two attached hydrogens (primary N) is 1. The molecule has 0 aliphatic heterocycles. The van der Waals surface area contributed by atoms with Crippen molar-refractivity contribution in [3.8, 4) is 29.3 Å². The Morgan fingerprint density at radius 2 is 1.97 bits per heavy atom. The van der Waals surface area contributed by atoms with E-state index in [0.717, 1.165) is 0 Å². The number of rotatable bonds is 4. The number of carbonyl (C=O) groups excluding carboxylic acids is 1. The second kappa shape index (κ2) is 8.45. The maximum atomic E-state index is 13.3. The van der Waals surface area contributed by atoms with Crippen molar-refractivity contribution in [2.75, 3.05) is 11.1 Å². The van der Waals surface area contributed by atoms with Crippen LogP contribution in [0, 0.1) is 25.2 Å². The van der Waals surface area contributed by atoms with Gasteiger partial charge in [-0.1, -0.05) is 17.5 Å². The summed E-state index contributed by atoms with van der Waals surface area (Å²) < 4.78 is 13.3. The van der Waals surface area contributed by atoms with Crippen LogP contribution in [0.1, 0.15) is 21.5 Å². The number of nitrogens with zero attached hydrogens (tertiary/aromatic N) is 5. The van der Waals surface area contributed by atoms with E-state index in [1.54, 1.807) is 25.1 Å². The molecule has 3 aromatic heterocycles. The highest BCUT2D eigenvalue weighted by molar-refractivity contribution is 6.32. The molecule has 8 nitrogen and oxygen atoms in total. The molecule has 10 heteroatoms. The van der Waals surface area contributed by atoms with Crippen molar-refractivity contribution in [2.45, 2.75) is 6.92 Å². The number of benzene rings is 1. The summed E-state index contributed by atoms with van der Waals surface area (Å²) in [5.74, 6) is 1.79. The van der Waals surface area contributed by atoms with Gasteiger partial charge in [-0.2, -0.15) is 14.6 Å². The number of halogens is 2. The van der Waals surface area contributed by atoms with E-state index in [1.165, 1.54) is 35.5 Å². The van der Waals surface area contributed by atoms with Crippen LogP contribution in [0.5, 0.6) is 0 Å².